The molecule has 0 saturated carbocycles. The van der Waals surface area contributed by atoms with Gasteiger partial charge in [-0.2, -0.15) is 0 Å². The summed E-state index contributed by atoms with van der Waals surface area (Å²) in [5, 5.41) is 0. The van der Waals surface area contributed by atoms with Gasteiger partial charge in [-0.3, -0.25) is 0 Å². The fourth-order valence-electron chi connectivity index (χ4n) is 1.68. The van der Waals surface area contributed by atoms with Crippen molar-refractivity contribution in [2.45, 2.75) is 59.4 Å². The molecule has 1 heteroatoms. The normalized spacial score (nSPS) is 16.2. The van der Waals surface area contributed by atoms with Gasteiger partial charge in [0.1, 0.15) is 0 Å². The zero-order valence-corrected chi connectivity index (χ0v) is 10.1. The highest BCUT2D eigenvalue weighted by Gasteiger charge is 2.14. The Morgan fingerprint density at radius 1 is 1.08 bits per heavy atom. The van der Waals surface area contributed by atoms with E-state index in [0.29, 0.717) is 0 Å². The average molecular weight is 185 g/mol. The van der Waals surface area contributed by atoms with Gasteiger partial charge in [-0.1, -0.05) is 40.0 Å². The second kappa shape index (κ2) is 7.37. The van der Waals surface area contributed by atoms with Gasteiger partial charge in [0, 0.05) is 6.04 Å². The molecule has 0 radical (unpaired) electrons. The lowest BCUT2D eigenvalue weighted by molar-refractivity contribution is 0.198. The molecule has 0 aliphatic heterocycles. The highest BCUT2D eigenvalue weighted by Crippen LogP contribution is 2.16. The molecule has 0 aromatic carbocycles. The number of unbranched alkanes of at least 4 members (excludes halogenated alkanes) is 2. The lowest BCUT2D eigenvalue weighted by Gasteiger charge is -2.28. The van der Waals surface area contributed by atoms with E-state index in [2.05, 4.69) is 39.6 Å². The molecule has 13 heavy (non-hydrogen) atoms. The molecule has 0 rings (SSSR count). The third kappa shape index (κ3) is 5.30. The van der Waals surface area contributed by atoms with Crippen LogP contribution in [0.4, 0.5) is 0 Å². The number of rotatable bonds is 7. The van der Waals surface area contributed by atoms with E-state index < -0.39 is 0 Å². The van der Waals surface area contributed by atoms with Crippen LogP contribution in [0.15, 0.2) is 0 Å². The minimum Gasteiger partial charge on any atom is -0.304 e. The summed E-state index contributed by atoms with van der Waals surface area (Å²) >= 11 is 0. The first kappa shape index (κ1) is 13.0. The Bertz CT molecular complexity index is 112. The van der Waals surface area contributed by atoms with Crippen LogP contribution in [0.25, 0.3) is 0 Å². The topological polar surface area (TPSA) is 3.24 Å². The molecule has 80 valence electrons. The molecule has 0 amide bonds. The van der Waals surface area contributed by atoms with E-state index in [1.54, 1.807) is 0 Å². The van der Waals surface area contributed by atoms with Crippen molar-refractivity contribution in [1.82, 2.24) is 4.90 Å². The average Bonchev–Trinajstić information content (AvgIpc) is 2.15. The molecule has 1 nitrogen and oxygen atoms in total. The summed E-state index contributed by atoms with van der Waals surface area (Å²) < 4.78 is 0. The van der Waals surface area contributed by atoms with E-state index in [1.807, 2.05) is 0 Å². The van der Waals surface area contributed by atoms with Crippen molar-refractivity contribution in [3.63, 3.8) is 0 Å². The van der Waals surface area contributed by atoms with Gasteiger partial charge < -0.3 is 4.90 Å². The molecule has 2 atom stereocenters. The highest BCUT2D eigenvalue weighted by molar-refractivity contribution is 4.69. The van der Waals surface area contributed by atoms with Gasteiger partial charge in [0.05, 0.1) is 0 Å². The van der Waals surface area contributed by atoms with Crippen LogP contribution in [0, 0.1) is 5.92 Å². The standard InChI is InChI=1S/C12H27N/c1-6-8-9-10-11(3)12(4)13(5)7-2/h11-12H,6-10H2,1-5H3. The Morgan fingerprint density at radius 3 is 2.15 bits per heavy atom. The largest absolute Gasteiger partial charge is 0.304 e. The predicted octanol–water partition coefficient (Wildman–Crippen LogP) is 3.54. The summed E-state index contributed by atoms with van der Waals surface area (Å²) in [5.41, 5.74) is 0. The van der Waals surface area contributed by atoms with E-state index in [0.717, 1.165) is 12.0 Å². The first-order valence-electron chi connectivity index (χ1n) is 5.83. The summed E-state index contributed by atoms with van der Waals surface area (Å²) in [7, 11) is 2.22. The second-order valence-electron chi connectivity index (χ2n) is 4.29. The Morgan fingerprint density at radius 2 is 1.69 bits per heavy atom. The third-order valence-corrected chi connectivity index (χ3v) is 3.28. The Hall–Kier alpha value is -0.0400. The molecule has 0 N–H and O–H groups in total. The highest BCUT2D eigenvalue weighted by atomic mass is 15.1. The molecule has 0 saturated heterocycles. The number of hydrogen-bond donors (Lipinski definition) is 0. The zero-order valence-electron chi connectivity index (χ0n) is 10.1. The predicted molar refractivity (Wildman–Crippen MR) is 61.1 cm³/mol. The number of nitrogens with zero attached hydrogens (tertiary/aromatic N) is 1. The summed E-state index contributed by atoms with van der Waals surface area (Å²) in [6.07, 6.45) is 5.52. The van der Waals surface area contributed by atoms with Gasteiger partial charge in [0.15, 0.2) is 0 Å². The molecule has 0 bridgehead atoms. The van der Waals surface area contributed by atoms with Gasteiger partial charge in [-0.25, -0.2) is 0 Å². The van der Waals surface area contributed by atoms with Crippen LogP contribution in [-0.4, -0.2) is 24.5 Å². The van der Waals surface area contributed by atoms with E-state index in [-0.39, 0.29) is 0 Å². The number of hydrogen-bond acceptors (Lipinski definition) is 1. The van der Waals surface area contributed by atoms with Crippen molar-refractivity contribution >= 4 is 0 Å². The van der Waals surface area contributed by atoms with E-state index >= 15 is 0 Å². The van der Waals surface area contributed by atoms with Gasteiger partial charge in [-0.05, 0) is 32.9 Å². The van der Waals surface area contributed by atoms with E-state index in [1.165, 1.54) is 32.2 Å². The Kier molecular flexibility index (Phi) is 7.35. The molecule has 0 aliphatic rings. The first-order valence-corrected chi connectivity index (χ1v) is 5.83. The smallest absolute Gasteiger partial charge is 0.00893 e. The molecule has 0 aromatic rings. The van der Waals surface area contributed by atoms with Crippen molar-refractivity contribution in [1.29, 1.82) is 0 Å². The van der Waals surface area contributed by atoms with Crippen molar-refractivity contribution < 1.29 is 0 Å². The molecule has 0 aliphatic carbocycles. The van der Waals surface area contributed by atoms with Crippen LogP contribution in [0.3, 0.4) is 0 Å². The first-order chi connectivity index (χ1) is 6.13. The maximum Gasteiger partial charge on any atom is 0.00893 e. The lowest BCUT2D eigenvalue weighted by Crippen LogP contribution is -2.34. The summed E-state index contributed by atoms with van der Waals surface area (Å²) in [6, 6.07) is 0.738. The van der Waals surface area contributed by atoms with Crippen LogP contribution in [-0.2, 0) is 0 Å². The van der Waals surface area contributed by atoms with Crippen LogP contribution >= 0.6 is 0 Å². The van der Waals surface area contributed by atoms with Crippen molar-refractivity contribution in [2.24, 2.45) is 5.92 Å². The maximum atomic E-state index is 2.44. The molecule has 2 unspecified atom stereocenters. The summed E-state index contributed by atoms with van der Waals surface area (Å²) in [4.78, 5) is 2.44. The van der Waals surface area contributed by atoms with Crippen molar-refractivity contribution in [3.8, 4) is 0 Å². The molecular weight excluding hydrogens is 158 g/mol. The zero-order chi connectivity index (χ0) is 10.3. The molecule has 0 aromatic heterocycles. The molecule has 0 fully saturated rings. The summed E-state index contributed by atoms with van der Waals surface area (Å²) in [6.45, 7) is 10.4. The van der Waals surface area contributed by atoms with Crippen LogP contribution < -0.4 is 0 Å². The van der Waals surface area contributed by atoms with Crippen molar-refractivity contribution in [3.05, 3.63) is 0 Å². The summed E-state index contributed by atoms with van der Waals surface area (Å²) in [5.74, 6) is 0.844. The Labute approximate surface area is 84.5 Å². The van der Waals surface area contributed by atoms with Gasteiger partial charge >= 0.3 is 0 Å². The van der Waals surface area contributed by atoms with E-state index in [4.69, 9.17) is 0 Å². The van der Waals surface area contributed by atoms with Crippen LogP contribution in [0.1, 0.15) is 53.4 Å². The SMILES string of the molecule is CCCCCC(C)C(C)N(C)CC. The van der Waals surface area contributed by atoms with Gasteiger partial charge in [0.2, 0.25) is 0 Å². The van der Waals surface area contributed by atoms with E-state index in [9.17, 15) is 0 Å². The monoisotopic (exact) mass is 185 g/mol. The molecular formula is C12H27N. The van der Waals surface area contributed by atoms with Crippen LogP contribution in [0.5, 0.6) is 0 Å². The van der Waals surface area contributed by atoms with Gasteiger partial charge in [-0.15, -0.1) is 0 Å². The molecule has 0 spiro atoms. The second-order valence-corrected chi connectivity index (χ2v) is 4.29. The van der Waals surface area contributed by atoms with Crippen molar-refractivity contribution in [2.75, 3.05) is 13.6 Å². The lowest BCUT2D eigenvalue weighted by atomic mass is 9.95. The van der Waals surface area contributed by atoms with Crippen LogP contribution in [0.2, 0.25) is 0 Å². The molecule has 0 heterocycles. The fourth-order valence-corrected chi connectivity index (χ4v) is 1.68. The minimum atomic E-state index is 0.738. The third-order valence-electron chi connectivity index (χ3n) is 3.28. The fraction of sp³-hybridized carbons (Fsp3) is 1.00. The van der Waals surface area contributed by atoms with Gasteiger partial charge in [0.25, 0.3) is 0 Å². The Balaban J connectivity index is 3.62. The maximum absolute atomic E-state index is 2.44. The minimum absolute atomic E-state index is 0.738. The quantitative estimate of drug-likeness (QED) is 0.548.